The number of benzene rings is 2. The first-order valence-corrected chi connectivity index (χ1v) is 14.5. The second kappa shape index (κ2) is 12.0. The van der Waals surface area contributed by atoms with Gasteiger partial charge in [-0.2, -0.15) is 31.6 Å². The molecule has 2 N–H and O–H groups in total. The van der Waals surface area contributed by atoms with Crippen molar-refractivity contribution in [2.45, 2.75) is 36.6 Å². The van der Waals surface area contributed by atoms with Crippen molar-refractivity contribution in [2.75, 3.05) is 25.0 Å². The maximum atomic E-state index is 13.3. The molecule has 3 rings (SSSR count). The molecule has 224 valence electrons. The van der Waals surface area contributed by atoms with Gasteiger partial charge in [0.25, 0.3) is 15.9 Å². The van der Waals surface area contributed by atoms with Gasteiger partial charge in [-0.15, -0.1) is 0 Å². The Balaban J connectivity index is 2.20. The highest BCUT2D eigenvalue weighted by molar-refractivity contribution is 7.92. The quantitative estimate of drug-likeness (QED) is 0.235. The Morgan fingerprint density at radius 3 is 2.07 bits per heavy atom. The monoisotopic (exact) mass is 621 g/mol. The van der Waals surface area contributed by atoms with Gasteiger partial charge in [-0.05, 0) is 35.2 Å². The smallest absolute Gasteiger partial charge is 0.493 e. The number of methoxy groups -OCH3 is 1. The second-order valence-electron chi connectivity index (χ2n) is 9.18. The third kappa shape index (κ3) is 7.68. The van der Waals surface area contributed by atoms with Crippen molar-refractivity contribution in [1.82, 2.24) is 9.97 Å². The number of sulfonamides is 1. The molecule has 0 saturated carbocycles. The predicted octanol–water partition coefficient (Wildman–Crippen LogP) is 3.98. The van der Waals surface area contributed by atoms with Crippen molar-refractivity contribution >= 4 is 26.0 Å². The van der Waals surface area contributed by atoms with E-state index in [0.29, 0.717) is 0 Å². The Kier molecular flexibility index (Phi) is 9.24. The third-order valence-electron chi connectivity index (χ3n) is 5.15. The molecule has 0 aliphatic carbocycles. The van der Waals surface area contributed by atoms with Crippen LogP contribution in [0.5, 0.6) is 29.1 Å². The Bertz CT molecular complexity index is 1590. The molecule has 12 nitrogen and oxygen atoms in total. The van der Waals surface area contributed by atoms with Gasteiger partial charge in [-0.25, -0.2) is 8.42 Å². The topological polar surface area (TPSA) is 163 Å². The van der Waals surface area contributed by atoms with Crippen molar-refractivity contribution in [3.63, 3.8) is 0 Å². The zero-order chi connectivity index (χ0) is 30.6. The predicted molar refractivity (Wildman–Crippen MR) is 139 cm³/mol. The lowest BCUT2D eigenvalue weighted by molar-refractivity contribution is -0.0503. The number of aliphatic hydroxyl groups excluding tert-OH is 1. The van der Waals surface area contributed by atoms with Gasteiger partial charge in [0.2, 0.25) is 5.75 Å². The van der Waals surface area contributed by atoms with E-state index in [0.717, 1.165) is 5.56 Å². The van der Waals surface area contributed by atoms with E-state index in [9.17, 15) is 35.1 Å². The highest BCUT2D eigenvalue weighted by atomic mass is 32.2. The molecule has 0 aliphatic rings. The van der Waals surface area contributed by atoms with Gasteiger partial charge < -0.3 is 23.5 Å². The summed E-state index contributed by atoms with van der Waals surface area (Å²) in [7, 11) is -9.47. The number of nitrogens with one attached hydrogen (secondary N) is 1. The minimum atomic E-state index is -6.27. The molecular weight excluding hydrogens is 595 g/mol. The molecule has 0 spiro atoms. The fourth-order valence-corrected chi connectivity index (χ4v) is 4.50. The summed E-state index contributed by atoms with van der Waals surface area (Å²) in [5.41, 5.74) is -5.34. The van der Waals surface area contributed by atoms with E-state index in [1.807, 2.05) is 20.8 Å². The molecule has 0 saturated heterocycles. The van der Waals surface area contributed by atoms with Crippen LogP contribution in [-0.2, 0) is 25.6 Å². The van der Waals surface area contributed by atoms with Crippen molar-refractivity contribution in [2.24, 2.45) is 0 Å². The Morgan fingerprint density at radius 2 is 1.54 bits per heavy atom. The summed E-state index contributed by atoms with van der Waals surface area (Å²) in [6, 6.07) is 10.3. The normalized spacial score (nSPS) is 12.5. The lowest BCUT2D eigenvalue weighted by Crippen LogP contribution is -2.29. The van der Waals surface area contributed by atoms with Crippen molar-refractivity contribution < 1.29 is 53.5 Å². The van der Waals surface area contributed by atoms with Gasteiger partial charge in [0, 0.05) is 0 Å². The van der Waals surface area contributed by atoms with E-state index < -0.39 is 62.3 Å². The number of hydrogen-bond acceptors (Lipinski definition) is 11. The van der Waals surface area contributed by atoms with Gasteiger partial charge >= 0.3 is 21.6 Å². The summed E-state index contributed by atoms with van der Waals surface area (Å²) in [5.74, 6) is -2.08. The Labute approximate surface area is 234 Å². The molecule has 0 bridgehead atoms. The van der Waals surface area contributed by atoms with Crippen LogP contribution in [0.15, 0.2) is 53.4 Å². The molecule has 17 heteroatoms. The summed E-state index contributed by atoms with van der Waals surface area (Å²) >= 11 is 0. The van der Waals surface area contributed by atoms with E-state index in [-0.39, 0.29) is 21.8 Å². The van der Waals surface area contributed by atoms with Crippen LogP contribution in [-0.4, -0.2) is 57.7 Å². The van der Waals surface area contributed by atoms with Crippen LogP contribution >= 0.6 is 0 Å². The average molecular weight is 622 g/mol. The Morgan fingerprint density at radius 1 is 0.927 bits per heavy atom. The number of ether oxygens (including phenoxy) is 3. The zero-order valence-corrected chi connectivity index (χ0v) is 23.7. The van der Waals surface area contributed by atoms with E-state index >= 15 is 0 Å². The fourth-order valence-electron chi connectivity index (χ4n) is 3.13. The van der Waals surface area contributed by atoms with Crippen LogP contribution in [0.3, 0.4) is 0 Å². The maximum absolute atomic E-state index is 13.3. The number of nitrogens with zero attached hydrogens (tertiary/aromatic N) is 2. The molecule has 0 radical (unpaired) electrons. The first kappa shape index (κ1) is 31.7. The van der Waals surface area contributed by atoms with Gasteiger partial charge in [0.05, 0.1) is 18.6 Å². The van der Waals surface area contributed by atoms with Gasteiger partial charge in [-0.1, -0.05) is 45.0 Å². The number of aromatic nitrogens is 2. The largest absolute Gasteiger partial charge is 0.534 e. The van der Waals surface area contributed by atoms with Crippen LogP contribution < -0.4 is 23.1 Å². The average Bonchev–Trinajstić information content (AvgIpc) is 2.87. The summed E-state index contributed by atoms with van der Waals surface area (Å²) in [6.45, 7) is 4.63. The summed E-state index contributed by atoms with van der Waals surface area (Å²) < 4.78 is 111. The van der Waals surface area contributed by atoms with Gasteiger partial charge in [0.15, 0.2) is 17.3 Å². The van der Waals surface area contributed by atoms with Crippen LogP contribution in [0.2, 0.25) is 0 Å². The fraction of sp³-hybridized carbons (Fsp3) is 0.333. The first-order valence-electron chi connectivity index (χ1n) is 11.6. The highest BCUT2D eigenvalue weighted by Crippen LogP contribution is 2.42. The molecule has 0 atom stereocenters. The van der Waals surface area contributed by atoms with E-state index in [1.54, 1.807) is 18.2 Å². The number of aliphatic hydroxyl groups is 1. The van der Waals surface area contributed by atoms with E-state index in [4.69, 9.17) is 14.2 Å². The summed E-state index contributed by atoms with van der Waals surface area (Å²) in [6.07, 6.45) is 0. The second-order valence-corrected chi connectivity index (χ2v) is 12.4. The number of halogens is 3. The minimum absolute atomic E-state index is 0.0287. The molecule has 0 fully saturated rings. The molecule has 2 aromatic carbocycles. The molecule has 0 amide bonds. The Hall–Kier alpha value is -3.83. The lowest BCUT2D eigenvalue weighted by Gasteiger charge is -2.20. The first-order chi connectivity index (χ1) is 19.0. The maximum Gasteiger partial charge on any atom is 0.534 e. The number of alkyl halides is 3. The van der Waals surface area contributed by atoms with Crippen LogP contribution in [0.4, 0.5) is 19.0 Å². The zero-order valence-electron chi connectivity index (χ0n) is 22.1. The highest BCUT2D eigenvalue weighted by Gasteiger charge is 2.49. The number of anilines is 1. The van der Waals surface area contributed by atoms with Crippen LogP contribution in [0, 0.1) is 0 Å². The molecule has 0 unspecified atom stereocenters. The molecule has 0 aliphatic heterocycles. The molecule has 1 aromatic heterocycles. The minimum Gasteiger partial charge on any atom is -0.493 e. The van der Waals surface area contributed by atoms with E-state index in [1.165, 1.54) is 37.4 Å². The van der Waals surface area contributed by atoms with E-state index in [2.05, 4.69) is 18.9 Å². The lowest BCUT2D eigenvalue weighted by atomic mass is 9.87. The molecular formula is C24H26F3N3O9S2. The number of hydrogen-bond donors (Lipinski definition) is 2. The summed E-state index contributed by atoms with van der Waals surface area (Å²) in [4.78, 5) is 6.80. The summed E-state index contributed by atoms with van der Waals surface area (Å²) in [5, 5.41) is 9.22. The van der Waals surface area contributed by atoms with Crippen LogP contribution in [0.1, 0.15) is 26.3 Å². The van der Waals surface area contributed by atoms with Gasteiger partial charge in [-0.3, -0.25) is 4.72 Å². The number of para-hydroxylation sites is 2. The van der Waals surface area contributed by atoms with Gasteiger partial charge in [0.1, 0.15) is 6.61 Å². The van der Waals surface area contributed by atoms with Crippen molar-refractivity contribution in [3.8, 4) is 29.1 Å². The van der Waals surface area contributed by atoms with Crippen molar-refractivity contribution in [3.05, 3.63) is 54.1 Å². The van der Waals surface area contributed by atoms with Crippen LogP contribution in [0.25, 0.3) is 0 Å². The molecule has 1 heterocycles. The SMILES string of the molecule is COc1ccccc1Oc1c(NS(=O)(=O)c2ccc(C(C)(C)C)cc2)nc(OS(=O)(=O)C(F)(F)F)nc1OCCO. The number of rotatable bonds is 11. The third-order valence-corrected chi connectivity index (χ3v) is 7.44. The molecule has 3 aromatic rings. The standard InChI is InChI=1S/C24H26F3N3O9S2/c1-23(2,3)15-9-11-16(12-10-15)40(32,33)30-20-19(38-18-8-6-5-7-17(18)36-4)21(37-14-13-31)29-22(28-20)39-41(34,35)24(25,26)27/h5-12,31H,13-14H2,1-4H3,(H,28,29,30). The molecule has 41 heavy (non-hydrogen) atoms. The van der Waals surface area contributed by atoms with Crippen molar-refractivity contribution in [1.29, 1.82) is 0 Å².